The summed E-state index contributed by atoms with van der Waals surface area (Å²) < 4.78 is 6.87. The van der Waals surface area contributed by atoms with Gasteiger partial charge in [-0.25, -0.2) is 0 Å². The van der Waals surface area contributed by atoms with Gasteiger partial charge in [0.1, 0.15) is 0 Å². The summed E-state index contributed by atoms with van der Waals surface area (Å²) in [5, 5.41) is 0.781. The van der Waals surface area contributed by atoms with Gasteiger partial charge in [-0.05, 0) is 97.0 Å². The highest BCUT2D eigenvalue weighted by molar-refractivity contribution is 9.15. The Bertz CT molecular complexity index is 482. The molecule has 0 radical (unpaired) electrons. The Kier molecular flexibility index (Phi) is 7.24. The van der Waals surface area contributed by atoms with Crippen molar-refractivity contribution in [1.29, 1.82) is 0 Å². The maximum Gasteiger partial charge on any atom is 0.303 e. The SMILES string of the molecule is C[N+](C)=C(N)SCc1c(Br)c(Br)c(Br)c(Br)c1Br. The maximum atomic E-state index is 5.91. The van der Waals surface area contributed by atoms with Crippen molar-refractivity contribution in [1.82, 2.24) is 0 Å². The van der Waals surface area contributed by atoms with Gasteiger partial charge in [0.2, 0.25) is 0 Å². The molecule has 2 N–H and O–H groups in total. The number of nitrogens with two attached hydrogens (primary N) is 1. The Hall–Kier alpha value is 1.44. The lowest BCUT2D eigenvalue weighted by Gasteiger charge is -2.12. The molecule has 0 aliphatic rings. The van der Waals surface area contributed by atoms with Crippen LogP contribution >= 0.6 is 91.4 Å². The summed E-state index contributed by atoms with van der Waals surface area (Å²) in [6.45, 7) is 0. The molecule has 0 atom stereocenters. The van der Waals surface area contributed by atoms with Gasteiger partial charge < -0.3 is 0 Å². The number of rotatable bonds is 2. The second-order valence-electron chi connectivity index (χ2n) is 3.57. The van der Waals surface area contributed by atoms with Gasteiger partial charge in [-0.15, -0.1) is 0 Å². The summed E-state index contributed by atoms with van der Waals surface area (Å²) >= 11 is 19.4. The van der Waals surface area contributed by atoms with Crippen molar-refractivity contribution in [3.8, 4) is 0 Å². The number of nitrogens with zero attached hydrogens (tertiary/aromatic N) is 1. The van der Waals surface area contributed by atoms with Crippen molar-refractivity contribution in [3.05, 3.63) is 27.9 Å². The Morgan fingerprint density at radius 2 is 1.33 bits per heavy atom. The summed E-state index contributed by atoms with van der Waals surface area (Å²) in [5.74, 6) is 0.773. The van der Waals surface area contributed by atoms with E-state index in [9.17, 15) is 0 Å². The molecule has 100 valence electrons. The third-order valence-electron chi connectivity index (χ3n) is 2.11. The van der Waals surface area contributed by atoms with Crippen LogP contribution in [0.3, 0.4) is 0 Å². The zero-order valence-corrected chi connectivity index (χ0v) is 18.3. The van der Waals surface area contributed by atoms with Gasteiger partial charge in [0.15, 0.2) is 0 Å². The third kappa shape index (κ3) is 3.97. The molecule has 0 spiro atoms. The van der Waals surface area contributed by atoms with Crippen LogP contribution in [0.5, 0.6) is 0 Å². The molecular formula is C10H10Br5N2S+. The molecule has 0 aliphatic heterocycles. The van der Waals surface area contributed by atoms with Crippen LogP contribution in [0.1, 0.15) is 5.56 Å². The van der Waals surface area contributed by atoms with Crippen LogP contribution in [-0.2, 0) is 5.75 Å². The van der Waals surface area contributed by atoms with Crippen molar-refractivity contribution >= 4 is 96.6 Å². The first-order valence-corrected chi connectivity index (χ1v) is 9.65. The average Bonchev–Trinajstić information content (AvgIpc) is 2.33. The van der Waals surface area contributed by atoms with Crippen molar-refractivity contribution in [2.75, 3.05) is 14.1 Å². The van der Waals surface area contributed by atoms with E-state index < -0.39 is 0 Å². The first kappa shape index (κ1) is 17.5. The van der Waals surface area contributed by atoms with E-state index in [1.165, 1.54) is 0 Å². The van der Waals surface area contributed by atoms with E-state index in [4.69, 9.17) is 5.73 Å². The summed E-state index contributed by atoms with van der Waals surface area (Å²) in [6, 6.07) is 0. The minimum absolute atomic E-state index is 0.773. The third-order valence-corrected chi connectivity index (χ3v) is 9.46. The summed E-state index contributed by atoms with van der Waals surface area (Å²) in [6.07, 6.45) is 0. The maximum absolute atomic E-state index is 5.91. The fraction of sp³-hybridized carbons (Fsp3) is 0.300. The molecule has 1 aromatic rings. The molecular weight excluding hydrogens is 580 g/mol. The van der Waals surface area contributed by atoms with Crippen molar-refractivity contribution in [3.63, 3.8) is 0 Å². The lowest BCUT2D eigenvalue weighted by Crippen LogP contribution is -2.19. The van der Waals surface area contributed by atoms with Crippen molar-refractivity contribution < 1.29 is 4.58 Å². The number of halogens is 5. The normalized spacial score (nSPS) is 10.6. The predicted molar refractivity (Wildman–Crippen MR) is 97.5 cm³/mol. The fourth-order valence-corrected chi connectivity index (χ4v) is 5.67. The first-order valence-electron chi connectivity index (χ1n) is 4.70. The molecule has 8 heteroatoms. The van der Waals surface area contributed by atoms with E-state index >= 15 is 0 Å². The largest absolute Gasteiger partial charge is 0.303 e. The smallest absolute Gasteiger partial charge is 0.281 e. The molecule has 0 unspecified atom stereocenters. The van der Waals surface area contributed by atoms with Crippen LogP contribution < -0.4 is 5.73 Å². The van der Waals surface area contributed by atoms with Gasteiger partial charge >= 0.3 is 5.17 Å². The number of amidine groups is 1. The molecule has 0 fully saturated rings. The summed E-state index contributed by atoms with van der Waals surface area (Å²) in [5.41, 5.74) is 7.06. The molecule has 18 heavy (non-hydrogen) atoms. The monoisotopic (exact) mass is 585 g/mol. The molecule has 0 heterocycles. The van der Waals surface area contributed by atoms with Gasteiger partial charge in [0, 0.05) is 28.1 Å². The Morgan fingerprint density at radius 3 is 1.72 bits per heavy atom. The topological polar surface area (TPSA) is 29.0 Å². The van der Waals surface area contributed by atoms with Crippen LogP contribution in [-0.4, -0.2) is 23.8 Å². The predicted octanol–water partition coefficient (Wildman–Crippen LogP) is 5.32. The molecule has 1 rings (SSSR count). The zero-order chi connectivity index (χ0) is 14.0. The lowest BCUT2D eigenvalue weighted by molar-refractivity contribution is -0.462. The Balaban J connectivity index is 3.15. The highest BCUT2D eigenvalue weighted by Crippen LogP contribution is 2.45. The minimum Gasteiger partial charge on any atom is -0.281 e. The van der Waals surface area contributed by atoms with E-state index in [1.54, 1.807) is 11.8 Å². The molecule has 0 bridgehead atoms. The van der Waals surface area contributed by atoms with Gasteiger partial charge in [0.25, 0.3) is 0 Å². The Morgan fingerprint density at radius 1 is 0.944 bits per heavy atom. The molecule has 0 saturated carbocycles. The van der Waals surface area contributed by atoms with E-state index in [-0.39, 0.29) is 0 Å². The van der Waals surface area contributed by atoms with Crippen molar-refractivity contribution in [2.24, 2.45) is 5.73 Å². The molecule has 0 saturated heterocycles. The van der Waals surface area contributed by atoms with Crippen LogP contribution in [0.4, 0.5) is 0 Å². The second kappa shape index (κ2) is 7.45. The second-order valence-corrected chi connectivity index (χ2v) is 8.53. The molecule has 0 aromatic heterocycles. The summed E-state index contributed by atoms with van der Waals surface area (Å²) in [7, 11) is 3.86. The zero-order valence-electron chi connectivity index (χ0n) is 9.53. The van der Waals surface area contributed by atoms with Crippen LogP contribution in [0, 0.1) is 0 Å². The van der Waals surface area contributed by atoms with Crippen molar-refractivity contribution in [2.45, 2.75) is 5.75 Å². The van der Waals surface area contributed by atoms with E-state index in [0.29, 0.717) is 0 Å². The number of hydrogen-bond donors (Lipinski definition) is 1. The highest BCUT2D eigenvalue weighted by atomic mass is 79.9. The quantitative estimate of drug-likeness (QED) is 0.166. The van der Waals surface area contributed by atoms with Gasteiger partial charge in [0.05, 0.1) is 14.1 Å². The summed E-state index contributed by atoms with van der Waals surface area (Å²) in [4.78, 5) is 0. The molecule has 0 amide bonds. The molecule has 0 aliphatic carbocycles. The van der Waals surface area contributed by atoms with Gasteiger partial charge in [-0.2, -0.15) is 0 Å². The van der Waals surface area contributed by atoms with Crippen LogP contribution in [0.2, 0.25) is 0 Å². The Labute approximate surface area is 153 Å². The number of benzene rings is 1. The van der Waals surface area contributed by atoms with E-state index in [0.717, 1.165) is 38.8 Å². The van der Waals surface area contributed by atoms with E-state index in [1.807, 2.05) is 18.7 Å². The molecule has 1 aromatic carbocycles. The lowest BCUT2D eigenvalue weighted by atomic mass is 10.2. The van der Waals surface area contributed by atoms with Crippen LogP contribution in [0.25, 0.3) is 0 Å². The van der Waals surface area contributed by atoms with E-state index in [2.05, 4.69) is 79.6 Å². The minimum atomic E-state index is 0.773. The van der Waals surface area contributed by atoms with Gasteiger partial charge in [-0.1, -0.05) is 0 Å². The first-order chi connectivity index (χ1) is 8.27. The number of thioether (sulfide) groups is 1. The standard InChI is InChI=1S/C10H9Br5N2S/c1-17(2)10(16)18-3-4-5(11)7(13)9(15)8(14)6(4)12/h16H,3H2,1-2H3/p+1. The number of hydrogen-bond acceptors (Lipinski definition) is 1. The van der Waals surface area contributed by atoms with Gasteiger partial charge in [-0.3, -0.25) is 10.3 Å². The highest BCUT2D eigenvalue weighted by Gasteiger charge is 2.18. The molecule has 2 nitrogen and oxygen atoms in total. The fourth-order valence-electron chi connectivity index (χ4n) is 1.05. The average molecular weight is 590 g/mol. The van der Waals surface area contributed by atoms with Crippen LogP contribution in [0.15, 0.2) is 22.4 Å².